The van der Waals surface area contributed by atoms with Crippen LogP contribution in [0, 0.1) is 5.92 Å². The highest BCUT2D eigenvalue weighted by molar-refractivity contribution is 6.10. The second-order valence-electron chi connectivity index (χ2n) is 8.94. The Morgan fingerprint density at radius 2 is 1.62 bits per heavy atom. The Kier molecular flexibility index (Phi) is 5.64. The average Bonchev–Trinajstić information content (AvgIpc) is 3.32. The van der Waals surface area contributed by atoms with Crippen molar-refractivity contribution in [3.63, 3.8) is 0 Å². The summed E-state index contributed by atoms with van der Waals surface area (Å²) in [4.78, 5) is 33.7. The van der Waals surface area contributed by atoms with E-state index in [-0.39, 0.29) is 30.3 Å². The number of esters is 1. The molecule has 0 N–H and O–H groups in total. The molecule has 2 aliphatic heterocycles. The van der Waals surface area contributed by atoms with E-state index in [9.17, 15) is 9.59 Å². The summed E-state index contributed by atoms with van der Waals surface area (Å²) in [6, 6.07) is 19.8. The third-order valence-corrected chi connectivity index (χ3v) is 6.81. The SMILES string of the molecule is CC1=NC2=C(C(=O)CN(c3ccccc3)C2)C(c2ccccc2)C1C(=O)OC1CCCC1. The standard InChI is InChI=1S/C27H28N2O3/c1-18-24(27(31)32-21-14-8-9-15-21)25(19-10-4-2-5-11-19)26-22(28-18)16-29(17-23(26)30)20-12-6-3-7-13-20/h2-7,10-13,21,24-25H,8-9,14-17H2,1H3. The first-order valence-corrected chi connectivity index (χ1v) is 11.5. The highest BCUT2D eigenvalue weighted by Gasteiger charge is 2.44. The smallest absolute Gasteiger partial charge is 0.315 e. The molecule has 2 heterocycles. The molecule has 5 heteroatoms. The van der Waals surface area contributed by atoms with Gasteiger partial charge >= 0.3 is 5.97 Å². The minimum absolute atomic E-state index is 0.0160. The van der Waals surface area contributed by atoms with Gasteiger partial charge in [0.2, 0.25) is 0 Å². The van der Waals surface area contributed by atoms with Gasteiger partial charge in [0.1, 0.15) is 12.0 Å². The van der Waals surface area contributed by atoms with Gasteiger partial charge in [-0.3, -0.25) is 14.6 Å². The van der Waals surface area contributed by atoms with Crippen LogP contribution in [-0.4, -0.2) is 36.7 Å². The van der Waals surface area contributed by atoms with Gasteiger partial charge in [-0.05, 0) is 50.3 Å². The second-order valence-corrected chi connectivity index (χ2v) is 8.94. The zero-order valence-corrected chi connectivity index (χ0v) is 18.4. The molecular weight excluding hydrogens is 400 g/mol. The lowest BCUT2D eigenvalue weighted by Gasteiger charge is -2.38. The molecule has 0 radical (unpaired) electrons. The van der Waals surface area contributed by atoms with E-state index in [1.165, 1.54) is 0 Å². The van der Waals surface area contributed by atoms with Gasteiger partial charge in [-0.1, -0.05) is 48.5 Å². The van der Waals surface area contributed by atoms with Gasteiger partial charge in [-0.25, -0.2) is 0 Å². The maximum absolute atomic E-state index is 13.5. The van der Waals surface area contributed by atoms with E-state index in [4.69, 9.17) is 9.73 Å². The third kappa shape index (κ3) is 3.88. The number of ketones is 1. The fraction of sp³-hybridized carbons (Fsp3) is 0.370. The lowest BCUT2D eigenvalue weighted by atomic mass is 9.73. The van der Waals surface area contributed by atoms with Crippen molar-refractivity contribution in [2.24, 2.45) is 10.9 Å². The lowest BCUT2D eigenvalue weighted by Crippen LogP contribution is -2.45. The molecule has 0 saturated heterocycles. The first kappa shape index (κ1) is 20.7. The first-order chi connectivity index (χ1) is 15.6. The number of hydrogen-bond donors (Lipinski definition) is 0. The Morgan fingerprint density at radius 3 is 2.31 bits per heavy atom. The molecule has 2 aromatic rings. The number of carbonyl (C=O) groups is 2. The Bertz CT molecular complexity index is 1070. The minimum atomic E-state index is -0.566. The normalized spacial score (nSPS) is 23.7. The summed E-state index contributed by atoms with van der Waals surface area (Å²) >= 11 is 0. The van der Waals surface area contributed by atoms with Crippen LogP contribution in [0.25, 0.3) is 0 Å². The Balaban J connectivity index is 1.53. The van der Waals surface area contributed by atoms with Crippen LogP contribution in [0.1, 0.15) is 44.1 Å². The van der Waals surface area contributed by atoms with Crippen molar-refractivity contribution in [2.45, 2.75) is 44.6 Å². The highest BCUT2D eigenvalue weighted by atomic mass is 16.5. The molecule has 2 atom stereocenters. The van der Waals surface area contributed by atoms with E-state index in [0.717, 1.165) is 48.3 Å². The summed E-state index contributed by atoms with van der Waals surface area (Å²) in [7, 11) is 0. The Morgan fingerprint density at radius 1 is 0.969 bits per heavy atom. The number of rotatable bonds is 4. The summed E-state index contributed by atoms with van der Waals surface area (Å²) in [5, 5.41) is 0. The van der Waals surface area contributed by atoms with Crippen LogP contribution in [0.15, 0.2) is 76.9 Å². The van der Waals surface area contributed by atoms with Crippen molar-refractivity contribution in [3.05, 3.63) is 77.5 Å². The maximum atomic E-state index is 13.5. The molecule has 2 unspecified atom stereocenters. The van der Waals surface area contributed by atoms with Crippen LogP contribution >= 0.6 is 0 Å². The number of Topliss-reactive ketones (excluding diaryl/α,β-unsaturated/α-hetero) is 1. The molecule has 5 nitrogen and oxygen atoms in total. The first-order valence-electron chi connectivity index (χ1n) is 11.5. The molecule has 5 rings (SSSR count). The molecule has 0 amide bonds. The number of para-hydroxylation sites is 1. The van der Waals surface area contributed by atoms with Crippen molar-refractivity contribution in [1.29, 1.82) is 0 Å². The summed E-state index contributed by atoms with van der Waals surface area (Å²) in [5.74, 6) is -1.15. The molecule has 0 spiro atoms. The van der Waals surface area contributed by atoms with Crippen molar-refractivity contribution in [1.82, 2.24) is 0 Å². The highest BCUT2D eigenvalue weighted by Crippen LogP contribution is 2.42. The Labute approximate surface area is 188 Å². The summed E-state index contributed by atoms with van der Waals surface area (Å²) < 4.78 is 5.91. The molecule has 164 valence electrons. The van der Waals surface area contributed by atoms with Crippen molar-refractivity contribution >= 4 is 23.2 Å². The van der Waals surface area contributed by atoms with Crippen LogP contribution in [0.5, 0.6) is 0 Å². The molecule has 0 aromatic heterocycles. The Hall–Kier alpha value is -3.21. The van der Waals surface area contributed by atoms with Crippen molar-refractivity contribution in [2.75, 3.05) is 18.0 Å². The van der Waals surface area contributed by atoms with Gasteiger partial charge in [-0.15, -0.1) is 0 Å². The fourth-order valence-electron chi connectivity index (χ4n) is 5.27. The second kappa shape index (κ2) is 8.73. The van der Waals surface area contributed by atoms with Crippen molar-refractivity contribution in [3.8, 4) is 0 Å². The van der Waals surface area contributed by atoms with E-state index < -0.39 is 5.92 Å². The van der Waals surface area contributed by atoms with Crippen LogP contribution in [0.2, 0.25) is 0 Å². The number of ether oxygens (including phenoxy) is 1. The zero-order chi connectivity index (χ0) is 22.1. The monoisotopic (exact) mass is 428 g/mol. The number of nitrogens with zero attached hydrogens (tertiary/aromatic N) is 2. The van der Waals surface area contributed by atoms with E-state index in [0.29, 0.717) is 12.1 Å². The van der Waals surface area contributed by atoms with Gasteiger partial charge in [0, 0.05) is 22.9 Å². The van der Waals surface area contributed by atoms with Crippen LogP contribution < -0.4 is 4.90 Å². The van der Waals surface area contributed by atoms with E-state index in [1.54, 1.807) is 0 Å². The minimum Gasteiger partial charge on any atom is -0.462 e. The van der Waals surface area contributed by atoms with Gasteiger partial charge in [0.25, 0.3) is 0 Å². The van der Waals surface area contributed by atoms with Crippen LogP contribution in [-0.2, 0) is 14.3 Å². The summed E-state index contributed by atoms with van der Waals surface area (Å²) in [5.41, 5.74) is 4.12. The van der Waals surface area contributed by atoms with Gasteiger partial charge < -0.3 is 9.64 Å². The topological polar surface area (TPSA) is 59.0 Å². The van der Waals surface area contributed by atoms with Gasteiger partial charge in [0.05, 0.1) is 18.8 Å². The zero-order valence-electron chi connectivity index (χ0n) is 18.4. The molecule has 1 aliphatic carbocycles. The fourth-order valence-corrected chi connectivity index (χ4v) is 5.27. The number of hydrogen-bond acceptors (Lipinski definition) is 5. The molecular formula is C27H28N2O3. The summed E-state index contributed by atoms with van der Waals surface area (Å²) in [6.45, 7) is 2.73. The molecule has 0 bridgehead atoms. The van der Waals surface area contributed by atoms with Crippen molar-refractivity contribution < 1.29 is 14.3 Å². The predicted octanol–water partition coefficient (Wildman–Crippen LogP) is 4.69. The summed E-state index contributed by atoms with van der Waals surface area (Å²) in [6.07, 6.45) is 4.02. The average molecular weight is 429 g/mol. The van der Waals surface area contributed by atoms with Gasteiger partial charge in [0.15, 0.2) is 5.78 Å². The van der Waals surface area contributed by atoms with E-state index in [2.05, 4.69) is 4.90 Å². The molecule has 1 fully saturated rings. The lowest BCUT2D eigenvalue weighted by molar-refractivity contribution is -0.151. The molecule has 3 aliphatic rings. The number of aliphatic imine (C=N–C) groups is 1. The molecule has 32 heavy (non-hydrogen) atoms. The number of anilines is 1. The molecule has 2 aromatic carbocycles. The number of benzene rings is 2. The number of carbonyl (C=O) groups excluding carboxylic acids is 2. The molecule has 1 saturated carbocycles. The third-order valence-electron chi connectivity index (χ3n) is 6.81. The maximum Gasteiger partial charge on any atom is 0.315 e. The van der Waals surface area contributed by atoms with Crippen LogP contribution in [0.4, 0.5) is 5.69 Å². The quantitative estimate of drug-likeness (QED) is 0.663. The van der Waals surface area contributed by atoms with E-state index in [1.807, 2.05) is 67.6 Å². The van der Waals surface area contributed by atoms with Crippen LogP contribution in [0.3, 0.4) is 0 Å². The predicted molar refractivity (Wildman–Crippen MR) is 125 cm³/mol. The van der Waals surface area contributed by atoms with E-state index >= 15 is 0 Å². The largest absolute Gasteiger partial charge is 0.462 e. The van der Waals surface area contributed by atoms with Gasteiger partial charge in [-0.2, -0.15) is 0 Å².